The van der Waals surface area contributed by atoms with Crippen LogP contribution in [0.1, 0.15) is 50.3 Å². The summed E-state index contributed by atoms with van der Waals surface area (Å²) in [4.78, 5) is 12.4. The molecule has 2 N–H and O–H groups in total. The van der Waals surface area contributed by atoms with Crippen molar-refractivity contribution in [3.8, 4) is 5.69 Å². The Labute approximate surface area is 143 Å². The van der Waals surface area contributed by atoms with Crippen molar-refractivity contribution >= 4 is 11.7 Å². The van der Waals surface area contributed by atoms with E-state index in [9.17, 15) is 4.79 Å². The van der Waals surface area contributed by atoms with Crippen molar-refractivity contribution in [2.75, 3.05) is 11.9 Å². The second kappa shape index (κ2) is 7.18. The number of hydrogen-bond donors (Lipinski definition) is 2. The summed E-state index contributed by atoms with van der Waals surface area (Å²) in [5.74, 6) is 1.09. The Morgan fingerprint density at radius 2 is 2.12 bits per heavy atom. The van der Waals surface area contributed by atoms with Gasteiger partial charge >= 0.3 is 0 Å². The van der Waals surface area contributed by atoms with Crippen molar-refractivity contribution in [3.63, 3.8) is 0 Å². The highest BCUT2D eigenvalue weighted by Crippen LogP contribution is 2.23. The number of aromatic nitrogens is 2. The van der Waals surface area contributed by atoms with Crippen LogP contribution in [0.4, 0.5) is 5.82 Å². The predicted molar refractivity (Wildman–Crippen MR) is 96.7 cm³/mol. The van der Waals surface area contributed by atoms with Gasteiger partial charge in [0.05, 0.1) is 11.4 Å². The maximum Gasteiger partial charge on any atom is 0.227 e. The van der Waals surface area contributed by atoms with Gasteiger partial charge in [-0.2, -0.15) is 5.10 Å². The molecule has 0 saturated carbocycles. The van der Waals surface area contributed by atoms with E-state index in [0.717, 1.165) is 36.6 Å². The number of aryl methyl sites for hydroxylation is 1. The van der Waals surface area contributed by atoms with Gasteiger partial charge in [-0.1, -0.05) is 31.5 Å². The molecule has 0 aliphatic carbocycles. The van der Waals surface area contributed by atoms with E-state index in [4.69, 9.17) is 0 Å². The van der Waals surface area contributed by atoms with Crippen molar-refractivity contribution in [2.24, 2.45) is 0 Å². The minimum absolute atomic E-state index is 0.0398. The summed E-state index contributed by atoms with van der Waals surface area (Å²) in [5.41, 5.74) is 3.14. The lowest BCUT2D eigenvalue weighted by molar-refractivity contribution is -0.116. The Bertz CT molecular complexity index is 697. The van der Waals surface area contributed by atoms with Crippen molar-refractivity contribution in [2.45, 2.75) is 52.0 Å². The van der Waals surface area contributed by atoms with Gasteiger partial charge in [0.15, 0.2) is 0 Å². The Kier molecular flexibility index (Phi) is 5.00. The molecule has 128 valence electrons. The summed E-state index contributed by atoms with van der Waals surface area (Å²) in [6.07, 6.45) is 2.73. The first-order chi connectivity index (χ1) is 11.5. The Hall–Kier alpha value is -2.14. The molecule has 1 aliphatic heterocycles. The number of amides is 1. The fourth-order valence-electron chi connectivity index (χ4n) is 3.00. The minimum Gasteiger partial charge on any atom is -0.313 e. The van der Waals surface area contributed by atoms with Crippen LogP contribution in [0, 0.1) is 6.92 Å². The summed E-state index contributed by atoms with van der Waals surface area (Å²) in [6, 6.07) is 10.4. The van der Waals surface area contributed by atoms with Crippen LogP contribution in [0.15, 0.2) is 30.3 Å². The largest absolute Gasteiger partial charge is 0.313 e. The molecule has 1 atom stereocenters. The zero-order valence-electron chi connectivity index (χ0n) is 14.7. The smallest absolute Gasteiger partial charge is 0.227 e. The summed E-state index contributed by atoms with van der Waals surface area (Å²) in [6.45, 7) is 7.28. The van der Waals surface area contributed by atoms with Gasteiger partial charge in [-0.05, 0) is 44.4 Å². The van der Waals surface area contributed by atoms with Crippen LogP contribution in [0.5, 0.6) is 0 Å². The highest BCUT2D eigenvalue weighted by Gasteiger charge is 2.19. The van der Waals surface area contributed by atoms with Gasteiger partial charge in [0.2, 0.25) is 5.91 Å². The van der Waals surface area contributed by atoms with Gasteiger partial charge in [0.1, 0.15) is 5.82 Å². The average molecular weight is 326 g/mol. The molecule has 2 heterocycles. The molecule has 0 bridgehead atoms. The quantitative estimate of drug-likeness (QED) is 0.885. The first-order valence-corrected chi connectivity index (χ1v) is 8.73. The number of anilines is 1. The highest BCUT2D eigenvalue weighted by atomic mass is 16.1. The lowest BCUT2D eigenvalue weighted by Crippen LogP contribution is -2.28. The van der Waals surface area contributed by atoms with Crippen molar-refractivity contribution in [3.05, 3.63) is 41.6 Å². The molecule has 1 aliphatic rings. The van der Waals surface area contributed by atoms with E-state index < -0.39 is 0 Å². The van der Waals surface area contributed by atoms with Gasteiger partial charge in [-0.25, -0.2) is 4.68 Å². The van der Waals surface area contributed by atoms with Gasteiger partial charge in [-0.3, -0.25) is 4.79 Å². The maximum absolute atomic E-state index is 12.4. The van der Waals surface area contributed by atoms with Crippen LogP contribution in [0.25, 0.3) is 5.69 Å². The van der Waals surface area contributed by atoms with Gasteiger partial charge in [0, 0.05) is 18.5 Å². The highest BCUT2D eigenvalue weighted by molar-refractivity contribution is 5.90. The predicted octanol–water partition coefficient (Wildman–Crippen LogP) is 3.38. The average Bonchev–Trinajstić information content (AvgIpc) is 3.18. The number of nitrogens with zero attached hydrogens (tertiary/aromatic N) is 2. The number of rotatable bonds is 5. The standard InChI is InChI=1S/C19H26N4O/c1-13(2)17-12-18(21-19(24)11-15-5-4-10-20-15)23(22-17)16-8-6-14(3)7-9-16/h6-9,12-13,15,20H,4-5,10-11H2,1-3H3,(H,21,24). The zero-order valence-corrected chi connectivity index (χ0v) is 14.7. The number of carbonyl (C=O) groups is 1. The van der Waals surface area contributed by atoms with E-state index in [1.807, 2.05) is 22.9 Å². The summed E-state index contributed by atoms with van der Waals surface area (Å²) < 4.78 is 1.83. The van der Waals surface area contributed by atoms with Crippen LogP contribution in [0.3, 0.4) is 0 Å². The number of benzene rings is 1. The molecule has 1 aromatic carbocycles. The molecule has 1 aromatic heterocycles. The second-order valence-corrected chi connectivity index (χ2v) is 6.90. The van der Waals surface area contributed by atoms with E-state index in [2.05, 4.69) is 48.6 Å². The molecular formula is C19H26N4O. The molecule has 0 radical (unpaired) electrons. The topological polar surface area (TPSA) is 59.0 Å². The normalized spacial score (nSPS) is 17.4. The maximum atomic E-state index is 12.4. The van der Waals surface area contributed by atoms with E-state index in [1.54, 1.807) is 0 Å². The summed E-state index contributed by atoms with van der Waals surface area (Å²) in [7, 11) is 0. The second-order valence-electron chi connectivity index (χ2n) is 6.90. The van der Waals surface area contributed by atoms with Gasteiger partial charge in [0.25, 0.3) is 0 Å². The molecular weight excluding hydrogens is 300 g/mol. The molecule has 0 spiro atoms. The molecule has 3 rings (SSSR count). The Morgan fingerprint density at radius 3 is 2.75 bits per heavy atom. The molecule has 1 amide bonds. The SMILES string of the molecule is Cc1ccc(-n2nc(C(C)C)cc2NC(=O)CC2CCCN2)cc1. The fourth-order valence-corrected chi connectivity index (χ4v) is 3.00. The van der Waals surface area contributed by atoms with Crippen LogP contribution >= 0.6 is 0 Å². The van der Waals surface area contributed by atoms with E-state index in [1.165, 1.54) is 5.56 Å². The van der Waals surface area contributed by atoms with Gasteiger partial charge in [-0.15, -0.1) is 0 Å². The number of carbonyl (C=O) groups excluding carboxylic acids is 1. The number of hydrogen-bond acceptors (Lipinski definition) is 3. The van der Waals surface area contributed by atoms with Crippen LogP contribution in [-0.2, 0) is 4.79 Å². The zero-order chi connectivity index (χ0) is 17.1. The van der Waals surface area contributed by atoms with E-state index >= 15 is 0 Å². The third kappa shape index (κ3) is 3.85. The third-order valence-corrected chi connectivity index (χ3v) is 4.46. The summed E-state index contributed by atoms with van der Waals surface area (Å²) >= 11 is 0. The molecule has 5 nitrogen and oxygen atoms in total. The Morgan fingerprint density at radius 1 is 1.38 bits per heavy atom. The molecule has 1 unspecified atom stereocenters. The van der Waals surface area contributed by atoms with Crippen LogP contribution in [-0.4, -0.2) is 28.3 Å². The molecule has 5 heteroatoms. The Balaban J connectivity index is 1.82. The first kappa shape index (κ1) is 16.7. The third-order valence-electron chi connectivity index (χ3n) is 4.46. The van der Waals surface area contributed by atoms with Crippen molar-refractivity contribution < 1.29 is 4.79 Å². The van der Waals surface area contributed by atoms with Crippen LogP contribution < -0.4 is 10.6 Å². The van der Waals surface area contributed by atoms with Crippen LogP contribution in [0.2, 0.25) is 0 Å². The molecule has 1 fully saturated rings. The molecule has 2 aromatic rings. The fraction of sp³-hybridized carbons (Fsp3) is 0.474. The molecule has 1 saturated heterocycles. The monoisotopic (exact) mass is 326 g/mol. The lowest BCUT2D eigenvalue weighted by Gasteiger charge is -2.12. The van der Waals surface area contributed by atoms with Crippen molar-refractivity contribution in [1.29, 1.82) is 0 Å². The molecule has 24 heavy (non-hydrogen) atoms. The summed E-state index contributed by atoms with van der Waals surface area (Å²) in [5, 5.41) is 11.1. The lowest BCUT2D eigenvalue weighted by atomic mass is 10.1. The van der Waals surface area contributed by atoms with Crippen molar-refractivity contribution in [1.82, 2.24) is 15.1 Å². The van der Waals surface area contributed by atoms with Gasteiger partial charge < -0.3 is 10.6 Å². The van der Waals surface area contributed by atoms with E-state index in [0.29, 0.717) is 18.4 Å². The number of nitrogens with one attached hydrogen (secondary N) is 2. The first-order valence-electron chi connectivity index (χ1n) is 8.73. The van der Waals surface area contributed by atoms with E-state index in [-0.39, 0.29) is 5.91 Å². The minimum atomic E-state index is 0.0398.